The van der Waals surface area contributed by atoms with E-state index < -0.39 is 17.8 Å². The molecule has 2 aromatic carbocycles. The molecule has 43 heavy (non-hydrogen) atoms. The van der Waals surface area contributed by atoms with E-state index in [1.807, 2.05) is 56.3 Å². The first-order valence-electron chi connectivity index (χ1n) is 13.9. The predicted octanol–water partition coefficient (Wildman–Crippen LogP) is 5.88. The first-order chi connectivity index (χ1) is 20.6. The highest BCUT2D eigenvalue weighted by Crippen LogP contribution is 2.34. The van der Waals surface area contributed by atoms with Crippen LogP contribution >= 0.6 is 11.6 Å². The molecule has 222 valence electrons. The number of benzene rings is 2. The second-order valence-electron chi connectivity index (χ2n) is 10.8. The minimum Gasteiger partial charge on any atom is -0.369 e. The zero-order valence-electron chi connectivity index (χ0n) is 24.3. The standard InChI is InChI=1S/C31H32ClFN8O2/c1-18-7-5-9-24(36-31(43)29-19(2)41(39-38-29)27-10-6-8-23(32)28(27)33)26-15-20(13-14-34-26)22-12-11-21(35-17-40(3)4)16-25(22)37-30(18)42/h6,8,10-18,24H,5,7,9H2,1-4H3,(H,36,43)(H,37,42). The molecule has 0 saturated carbocycles. The Balaban J connectivity index is 1.48. The van der Waals surface area contributed by atoms with Crippen molar-refractivity contribution in [2.75, 3.05) is 19.4 Å². The van der Waals surface area contributed by atoms with Crippen molar-refractivity contribution in [3.05, 3.63) is 82.6 Å². The Morgan fingerprint density at radius 1 is 1.21 bits per heavy atom. The van der Waals surface area contributed by atoms with Gasteiger partial charge in [-0.2, -0.15) is 0 Å². The van der Waals surface area contributed by atoms with Gasteiger partial charge in [-0.3, -0.25) is 14.6 Å². The van der Waals surface area contributed by atoms with Crippen LogP contribution in [0.15, 0.2) is 59.7 Å². The van der Waals surface area contributed by atoms with Crippen molar-refractivity contribution >= 4 is 41.1 Å². The van der Waals surface area contributed by atoms with Crippen LogP contribution in [0.5, 0.6) is 0 Å². The van der Waals surface area contributed by atoms with Gasteiger partial charge in [-0.15, -0.1) is 5.10 Å². The molecule has 1 aliphatic heterocycles. The van der Waals surface area contributed by atoms with Crippen LogP contribution in [0, 0.1) is 18.7 Å². The number of fused-ring (bicyclic) bond motifs is 4. The summed E-state index contributed by atoms with van der Waals surface area (Å²) in [6.45, 7) is 3.53. The highest BCUT2D eigenvalue weighted by Gasteiger charge is 2.25. The van der Waals surface area contributed by atoms with Crippen LogP contribution in [0.4, 0.5) is 15.8 Å². The van der Waals surface area contributed by atoms with Gasteiger partial charge in [-0.25, -0.2) is 14.1 Å². The second-order valence-corrected chi connectivity index (χ2v) is 11.2. The molecule has 0 radical (unpaired) electrons. The molecule has 5 rings (SSSR count). The Morgan fingerprint density at radius 2 is 2.02 bits per heavy atom. The van der Waals surface area contributed by atoms with Gasteiger partial charge in [0.15, 0.2) is 11.5 Å². The van der Waals surface area contributed by atoms with Gasteiger partial charge in [0.05, 0.1) is 40.2 Å². The number of nitrogens with one attached hydrogen (secondary N) is 2. The summed E-state index contributed by atoms with van der Waals surface area (Å²) in [5.74, 6) is -1.48. The fraction of sp³-hybridized carbons (Fsp3) is 0.290. The van der Waals surface area contributed by atoms with E-state index in [1.54, 1.807) is 25.5 Å². The van der Waals surface area contributed by atoms with Crippen LogP contribution in [-0.4, -0.2) is 57.1 Å². The SMILES string of the molecule is Cc1c(C(=O)NC2CCCC(C)C(=O)Nc3cc(N=CN(C)C)ccc3-c3ccnc2c3)nnn1-c1cccc(Cl)c1F. The number of hydrogen-bond donors (Lipinski definition) is 2. The molecule has 2 bridgehead atoms. The van der Waals surface area contributed by atoms with Crippen LogP contribution < -0.4 is 10.6 Å². The van der Waals surface area contributed by atoms with Crippen molar-refractivity contribution in [1.29, 1.82) is 0 Å². The molecular formula is C31H32ClFN8O2. The molecule has 12 heteroatoms. The van der Waals surface area contributed by atoms with E-state index in [0.29, 0.717) is 42.0 Å². The monoisotopic (exact) mass is 602 g/mol. The molecule has 2 amide bonds. The number of carbonyl (C=O) groups excluding carboxylic acids is 2. The number of carbonyl (C=O) groups is 2. The van der Waals surface area contributed by atoms with Crippen molar-refractivity contribution in [2.24, 2.45) is 10.9 Å². The zero-order chi connectivity index (χ0) is 30.7. The summed E-state index contributed by atoms with van der Waals surface area (Å²) in [6.07, 6.45) is 5.19. The van der Waals surface area contributed by atoms with Crippen molar-refractivity contribution in [3.8, 4) is 16.8 Å². The molecule has 0 aliphatic carbocycles. The number of nitrogens with zero attached hydrogens (tertiary/aromatic N) is 6. The van der Waals surface area contributed by atoms with Crippen molar-refractivity contribution in [2.45, 2.75) is 39.2 Å². The normalized spacial score (nSPS) is 17.0. The van der Waals surface area contributed by atoms with E-state index in [-0.39, 0.29) is 28.2 Å². The Hall–Kier alpha value is -4.64. The van der Waals surface area contributed by atoms with Gasteiger partial charge < -0.3 is 15.5 Å². The van der Waals surface area contributed by atoms with Crippen LogP contribution in [0.1, 0.15) is 54.1 Å². The third-order valence-corrected chi connectivity index (χ3v) is 7.59. The van der Waals surface area contributed by atoms with Gasteiger partial charge in [0.1, 0.15) is 5.69 Å². The van der Waals surface area contributed by atoms with E-state index in [1.165, 1.54) is 16.8 Å². The summed E-state index contributed by atoms with van der Waals surface area (Å²) in [6, 6.07) is 13.5. The van der Waals surface area contributed by atoms with Crippen molar-refractivity contribution in [3.63, 3.8) is 0 Å². The summed E-state index contributed by atoms with van der Waals surface area (Å²) in [7, 11) is 3.77. The lowest BCUT2D eigenvalue weighted by atomic mass is 9.95. The van der Waals surface area contributed by atoms with Gasteiger partial charge in [-0.1, -0.05) is 42.3 Å². The average molecular weight is 603 g/mol. The van der Waals surface area contributed by atoms with E-state index in [9.17, 15) is 14.0 Å². The molecule has 2 atom stereocenters. The maximum absolute atomic E-state index is 14.7. The topological polar surface area (TPSA) is 117 Å². The van der Waals surface area contributed by atoms with E-state index in [0.717, 1.165) is 11.1 Å². The minimum absolute atomic E-state index is 0.0559. The number of aliphatic imine (C=N–C) groups is 1. The summed E-state index contributed by atoms with van der Waals surface area (Å²) in [4.78, 5) is 37.6. The lowest BCUT2D eigenvalue weighted by Crippen LogP contribution is -2.30. The number of halogens is 2. The fourth-order valence-corrected chi connectivity index (χ4v) is 5.09. The first kappa shape index (κ1) is 29.8. The molecule has 2 unspecified atom stereocenters. The summed E-state index contributed by atoms with van der Waals surface area (Å²) in [5, 5.41) is 14.2. The van der Waals surface area contributed by atoms with E-state index in [2.05, 4.69) is 30.9 Å². The number of aromatic nitrogens is 4. The maximum Gasteiger partial charge on any atom is 0.274 e. The Kier molecular flexibility index (Phi) is 8.81. The molecule has 2 N–H and O–H groups in total. The highest BCUT2D eigenvalue weighted by molar-refractivity contribution is 6.30. The van der Waals surface area contributed by atoms with Crippen molar-refractivity contribution in [1.82, 2.24) is 30.2 Å². The van der Waals surface area contributed by atoms with E-state index >= 15 is 0 Å². The minimum atomic E-state index is -0.653. The quantitative estimate of drug-likeness (QED) is 0.218. The average Bonchev–Trinajstić information content (AvgIpc) is 3.37. The number of pyridine rings is 1. The predicted molar refractivity (Wildman–Crippen MR) is 164 cm³/mol. The lowest BCUT2D eigenvalue weighted by Gasteiger charge is -2.22. The van der Waals surface area contributed by atoms with E-state index in [4.69, 9.17) is 11.6 Å². The van der Waals surface area contributed by atoms with Crippen molar-refractivity contribution < 1.29 is 14.0 Å². The smallest absolute Gasteiger partial charge is 0.274 e. The van der Waals surface area contributed by atoms with Crippen LogP contribution in [-0.2, 0) is 4.79 Å². The molecule has 0 spiro atoms. The lowest BCUT2D eigenvalue weighted by molar-refractivity contribution is -0.119. The second kappa shape index (κ2) is 12.7. The third kappa shape index (κ3) is 6.56. The molecule has 4 aromatic rings. The number of amides is 2. The van der Waals surface area contributed by atoms with Gasteiger partial charge in [-0.05, 0) is 61.7 Å². The van der Waals surface area contributed by atoms with Gasteiger partial charge in [0.25, 0.3) is 5.91 Å². The van der Waals surface area contributed by atoms with Crippen LogP contribution in [0.3, 0.4) is 0 Å². The fourth-order valence-electron chi connectivity index (χ4n) is 4.92. The molecule has 10 nitrogen and oxygen atoms in total. The number of anilines is 1. The summed E-state index contributed by atoms with van der Waals surface area (Å²) < 4.78 is 15.9. The number of hydrogen-bond acceptors (Lipinski definition) is 6. The summed E-state index contributed by atoms with van der Waals surface area (Å²) in [5.41, 5.74) is 4.16. The Morgan fingerprint density at radius 3 is 2.81 bits per heavy atom. The Labute approximate surface area is 254 Å². The van der Waals surface area contributed by atoms with Gasteiger partial charge in [0.2, 0.25) is 5.91 Å². The maximum atomic E-state index is 14.7. The summed E-state index contributed by atoms with van der Waals surface area (Å²) >= 11 is 5.95. The number of rotatable bonds is 5. The van der Waals surface area contributed by atoms with Gasteiger partial charge in [0, 0.05) is 31.8 Å². The van der Waals surface area contributed by atoms with Crippen LogP contribution in [0.2, 0.25) is 5.02 Å². The molecule has 3 heterocycles. The molecular weight excluding hydrogens is 571 g/mol. The third-order valence-electron chi connectivity index (χ3n) is 7.30. The first-order valence-corrected chi connectivity index (χ1v) is 14.3. The molecule has 0 fully saturated rings. The van der Waals surface area contributed by atoms with Gasteiger partial charge >= 0.3 is 0 Å². The zero-order valence-corrected chi connectivity index (χ0v) is 25.1. The highest BCUT2D eigenvalue weighted by atomic mass is 35.5. The molecule has 1 aliphatic rings. The molecule has 0 saturated heterocycles. The Bertz CT molecular complexity index is 1700. The molecule has 2 aromatic heterocycles. The van der Waals surface area contributed by atoms with Crippen LogP contribution in [0.25, 0.3) is 16.8 Å². The largest absolute Gasteiger partial charge is 0.369 e.